The summed E-state index contributed by atoms with van der Waals surface area (Å²) >= 11 is 0. The van der Waals surface area contributed by atoms with Crippen molar-refractivity contribution in [3.8, 4) is 0 Å². The number of phosphoric acid groups is 1. The molecular formula is C32H56FN4O9P. The number of alkyl halides is 1. The molecule has 15 heteroatoms. The fourth-order valence-corrected chi connectivity index (χ4v) is 5.99. The molecule has 47 heavy (non-hydrogen) atoms. The number of aliphatic imine (C=N–C) groups is 1. The zero-order chi connectivity index (χ0) is 34.5. The molecule has 0 radical (unpaired) electrons. The van der Waals surface area contributed by atoms with E-state index in [0.29, 0.717) is 13.0 Å². The number of carbonyl (C=O) groups is 1. The van der Waals surface area contributed by atoms with Crippen molar-refractivity contribution in [1.82, 2.24) is 9.55 Å². The minimum absolute atomic E-state index is 0.00606. The molecule has 1 saturated heterocycles. The fraction of sp³-hybridized carbons (Fsp3) is 0.812. The van der Waals surface area contributed by atoms with Gasteiger partial charge in [0.05, 0.1) is 19.8 Å². The molecule has 0 bridgehead atoms. The summed E-state index contributed by atoms with van der Waals surface area (Å²) in [6.07, 6.45) is 11.9. The third kappa shape index (κ3) is 17.7. The summed E-state index contributed by atoms with van der Waals surface area (Å²) < 4.78 is 47.8. The number of nitrogens with zero attached hydrogens (tertiary/aromatic N) is 3. The Balaban J connectivity index is 1.35. The molecule has 4 N–H and O–H groups in total. The van der Waals surface area contributed by atoms with E-state index < -0.39 is 44.1 Å². The van der Waals surface area contributed by atoms with E-state index in [1.165, 1.54) is 57.2 Å². The molecule has 0 spiro atoms. The molecule has 1 aliphatic rings. The third-order valence-electron chi connectivity index (χ3n) is 7.88. The fourth-order valence-electron chi connectivity index (χ4n) is 5.24. The van der Waals surface area contributed by atoms with Crippen molar-refractivity contribution in [2.24, 2.45) is 4.99 Å². The molecule has 1 fully saturated rings. The third-order valence-corrected chi connectivity index (χ3v) is 8.90. The topological polar surface area (TPSA) is 185 Å². The lowest BCUT2D eigenvalue weighted by molar-refractivity contribution is -0.150. The van der Waals surface area contributed by atoms with Crippen LogP contribution < -0.4 is 11.4 Å². The maximum absolute atomic E-state index is 14.6. The normalized spacial score (nSPS) is 20.6. The van der Waals surface area contributed by atoms with Crippen molar-refractivity contribution in [3.63, 3.8) is 0 Å². The van der Waals surface area contributed by atoms with E-state index in [-0.39, 0.29) is 32.1 Å². The number of anilines is 1. The number of hydrogen-bond donors (Lipinski definition) is 3. The van der Waals surface area contributed by atoms with Gasteiger partial charge in [-0.15, -0.1) is 0 Å². The zero-order valence-electron chi connectivity index (χ0n) is 28.1. The summed E-state index contributed by atoms with van der Waals surface area (Å²) in [5, 5.41) is 10.2. The molecule has 0 aliphatic carbocycles. The lowest BCUT2D eigenvalue weighted by Gasteiger charge is -2.16. The molecule has 1 aliphatic heterocycles. The number of ether oxygens (including phenoxy) is 2. The summed E-state index contributed by atoms with van der Waals surface area (Å²) in [4.78, 5) is 41.4. The number of unbranched alkanes of at least 4 members (excludes halogenated alkanes) is 14. The molecule has 0 aromatic carbocycles. The van der Waals surface area contributed by atoms with E-state index in [9.17, 15) is 28.5 Å². The molecule has 0 amide bonds. The van der Waals surface area contributed by atoms with Gasteiger partial charge >= 0.3 is 19.5 Å². The second kappa shape index (κ2) is 23.2. The number of nitrogens with two attached hydrogens (primary N) is 1. The summed E-state index contributed by atoms with van der Waals surface area (Å²) in [7, 11) is -3.98. The van der Waals surface area contributed by atoms with Crippen LogP contribution in [0.25, 0.3) is 0 Å². The van der Waals surface area contributed by atoms with Gasteiger partial charge in [-0.1, -0.05) is 83.5 Å². The highest BCUT2D eigenvalue weighted by atomic mass is 31.2. The van der Waals surface area contributed by atoms with Gasteiger partial charge in [0.15, 0.2) is 12.4 Å². The first-order valence-electron chi connectivity index (χ1n) is 17.1. The van der Waals surface area contributed by atoms with Gasteiger partial charge in [-0.05, 0) is 32.8 Å². The Bertz CT molecular complexity index is 1170. The van der Waals surface area contributed by atoms with Crippen LogP contribution in [0.2, 0.25) is 0 Å². The van der Waals surface area contributed by atoms with Crippen LogP contribution in [0.3, 0.4) is 0 Å². The van der Waals surface area contributed by atoms with Gasteiger partial charge in [-0.2, -0.15) is 4.98 Å². The number of esters is 1. The van der Waals surface area contributed by atoms with Gasteiger partial charge in [0, 0.05) is 18.3 Å². The SMILES string of the molecule is CC(C)=NCCOP(=O)(O)OCCCCCCCCCCCCCCCCCC(=O)OC[C@H]1O[C@@H](n2ccc(N)nc2=O)[C@@H](F)C1O. The summed E-state index contributed by atoms with van der Waals surface area (Å²) in [6.45, 7) is 4.05. The van der Waals surface area contributed by atoms with E-state index in [1.807, 2.05) is 13.8 Å². The number of hydrogen-bond acceptors (Lipinski definition) is 11. The predicted octanol–water partition coefficient (Wildman–Crippen LogP) is 5.82. The van der Waals surface area contributed by atoms with E-state index in [4.69, 9.17) is 24.3 Å². The van der Waals surface area contributed by atoms with E-state index in [2.05, 4.69) is 9.98 Å². The van der Waals surface area contributed by atoms with Crippen molar-refractivity contribution in [3.05, 3.63) is 22.7 Å². The van der Waals surface area contributed by atoms with Crippen molar-refractivity contribution in [2.45, 2.75) is 141 Å². The summed E-state index contributed by atoms with van der Waals surface area (Å²) in [5.74, 6) is -0.434. The number of rotatable bonds is 26. The van der Waals surface area contributed by atoms with Gasteiger partial charge in [-0.3, -0.25) is 23.4 Å². The van der Waals surface area contributed by atoms with Crippen LogP contribution in [0.1, 0.15) is 123 Å². The van der Waals surface area contributed by atoms with Crippen LogP contribution in [-0.2, 0) is 27.9 Å². The second-order valence-corrected chi connectivity index (χ2v) is 13.7. The van der Waals surface area contributed by atoms with Gasteiger partial charge in [-0.25, -0.2) is 13.8 Å². The van der Waals surface area contributed by atoms with Gasteiger partial charge in [0.25, 0.3) is 0 Å². The first-order valence-corrected chi connectivity index (χ1v) is 18.6. The van der Waals surface area contributed by atoms with Crippen LogP contribution >= 0.6 is 7.82 Å². The molecule has 1 aromatic heterocycles. The van der Waals surface area contributed by atoms with E-state index in [1.54, 1.807) is 0 Å². The number of aliphatic hydroxyl groups excluding tert-OH is 1. The highest BCUT2D eigenvalue weighted by molar-refractivity contribution is 7.47. The maximum atomic E-state index is 14.6. The average Bonchev–Trinajstić information content (AvgIpc) is 3.30. The smallest absolute Gasteiger partial charge is 0.463 e. The predicted molar refractivity (Wildman–Crippen MR) is 178 cm³/mol. The highest BCUT2D eigenvalue weighted by Gasteiger charge is 2.46. The number of aromatic nitrogens is 2. The monoisotopic (exact) mass is 690 g/mol. The van der Waals surface area contributed by atoms with Gasteiger partial charge in [0.2, 0.25) is 0 Å². The summed E-state index contributed by atoms with van der Waals surface area (Å²) in [6, 6.07) is 1.33. The lowest BCUT2D eigenvalue weighted by atomic mass is 10.0. The second-order valence-electron chi connectivity index (χ2n) is 12.2. The van der Waals surface area contributed by atoms with Gasteiger partial charge in [0.1, 0.15) is 24.6 Å². The number of phosphoric ester groups is 1. The molecule has 2 heterocycles. The number of carbonyl (C=O) groups excluding carboxylic acids is 1. The van der Waals surface area contributed by atoms with Crippen molar-refractivity contribution < 1.29 is 42.3 Å². The minimum Gasteiger partial charge on any atom is -0.463 e. The highest BCUT2D eigenvalue weighted by Crippen LogP contribution is 2.43. The molecule has 270 valence electrons. The first-order chi connectivity index (χ1) is 22.5. The van der Waals surface area contributed by atoms with Crippen molar-refractivity contribution >= 4 is 25.3 Å². The maximum Gasteiger partial charge on any atom is 0.472 e. The van der Waals surface area contributed by atoms with Crippen molar-refractivity contribution in [2.75, 3.05) is 32.1 Å². The Hall–Kier alpha value is -2.22. The molecular weight excluding hydrogens is 634 g/mol. The van der Waals surface area contributed by atoms with Crippen LogP contribution in [0.4, 0.5) is 10.2 Å². The number of nitrogen functional groups attached to an aromatic ring is 1. The van der Waals surface area contributed by atoms with Gasteiger partial charge < -0.3 is 25.2 Å². The van der Waals surface area contributed by atoms with E-state index in [0.717, 1.165) is 55.2 Å². The molecule has 13 nitrogen and oxygen atoms in total. The molecule has 0 saturated carbocycles. The number of halogens is 1. The molecule has 5 atom stereocenters. The largest absolute Gasteiger partial charge is 0.472 e. The molecule has 1 aromatic rings. The van der Waals surface area contributed by atoms with Crippen LogP contribution in [0, 0.1) is 0 Å². The molecule has 2 rings (SSSR count). The van der Waals surface area contributed by atoms with E-state index >= 15 is 0 Å². The lowest BCUT2D eigenvalue weighted by Crippen LogP contribution is -2.34. The number of aliphatic hydroxyl groups is 1. The molecule has 2 unspecified atom stereocenters. The Kier molecular flexibility index (Phi) is 20.2. The standard InChI is InChI=1S/C32H56FN4O9P/c1-25(2)35-20-23-45-47(41,42)44-22-17-15-13-11-9-7-5-3-4-6-8-10-12-14-16-18-28(38)43-24-26-30(39)29(33)31(46-26)37-21-19-27(34)36-32(37)40/h19,21,26,29-31,39H,3-18,20,22-24H2,1-2H3,(H,41,42)(H2,34,36,40)/t26-,29+,30?,31-/m1/s1. The van der Waals surface area contributed by atoms with Crippen molar-refractivity contribution in [1.29, 1.82) is 0 Å². The minimum atomic E-state index is -3.98. The Morgan fingerprint density at radius 2 is 1.51 bits per heavy atom. The quantitative estimate of drug-likeness (QED) is 0.0460. The average molecular weight is 691 g/mol. The Morgan fingerprint density at radius 3 is 2.06 bits per heavy atom. The summed E-state index contributed by atoms with van der Waals surface area (Å²) in [5.41, 5.74) is 5.56. The van der Waals surface area contributed by atoms with Crippen LogP contribution in [0.15, 0.2) is 22.1 Å². The Morgan fingerprint density at radius 1 is 0.979 bits per heavy atom. The van der Waals surface area contributed by atoms with Crippen LogP contribution in [0.5, 0.6) is 0 Å². The zero-order valence-corrected chi connectivity index (χ0v) is 29.0. The Labute approximate surface area is 278 Å². The first kappa shape index (κ1) is 41.0. The van der Waals surface area contributed by atoms with Crippen LogP contribution in [-0.4, -0.2) is 76.0 Å².